The molecule has 0 aromatic rings. The Morgan fingerprint density at radius 3 is 2.45 bits per heavy atom. The van der Waals surface area contributed by atoms with Crippen LogP contribution in [0.15, 0.2) is 0 Å². The number of fused-ring (bicyclic) bond motifs is 1. The van der Waals surface area contributed by atoms with Crippen LogP contribution in [0.2, 0.25) is 0 Å². The van der Waals surface area contributed by atoms with Crippen molar-refractivity contribution in [1.82, 2.24) is 4.90 Å². The van der Waals surface area contributed by atoms with Crippen molar-refractivity contribution in [2.24, 2.45) is 5.41 Å². The number of piperidine rings is 1. The van der Waals surface area contributed by atoms with E-state index in [0.717, 1.165) is 0 Å². The van der Waals surface area contributed by atoms with E-state index in [1.165, 1.54) is 12.0 Å². The number of likely N-dealkylation sites (tertiary alicyclic amines) is 1. The van der Waals surface area contributed by atoms with Gasteiger partial charge in [-0.15, -0.1) is 0 Å². The predicted molar refractivity (Wildman–Crippen MR) is 71.0 cm³/mol. The number of carbonyl (C=O) groups is 2. The van der Waals surface area contributed by atoms with Gasteiger partial charge >= 0.3 is 12.1 Å². The van der Waals surface area contributed by atoms with E-state index < -0.39 is 34.7 Å². The van der Waals surface area contributed by atoms with Crippen molar-refractivity contribution < 1.29 is 24.2 Å². The van der Waals surface area contributed by atoms with Gasteiger partial charge in [0.05, 0.1) is 19.3 Å². The zero-order valence-electron chi connectivity index (χ0n) is 12.7. The van der Waals surface area contributed by atoms with E-state index in [-0.39, 0.29) is 6.61 Å². The summed E-state index contributed by atoms with van der Waals surface area (Å²) in [4.78, 5) is 25.8. The van der Waals surface area contributed by atoms with E-state index in [9.17, 15) is 14.7 Å². The van der Waals surface area contributed by atoms with E-state index in [0.29, 0.717) is 12.8 Å². The minimum absolute atomic E-state index is 0.0453. The normalized spacial score (nSPS) is 35.5. The van der Waals surface area contributed by atoms with Gasteiger partial charge in [0.2, 0.25) is 0 Å². The van der Waals surface area contributed by atoms with Gasteiger partial charge in [0.15, 0.2) is 0 Å². The Labute approximate surface area is 119 Å². The van der Waals surface area contributed by atoms with Crippen molar-refractivity contribution in [2.45, 2.75) is 57.7 Å². The molecule has 1 saturated heterocycles. The van der Waals surface area contributed by atoms with Crippen molar-refractivity contribution in [3.05, 3.63) is 0 Å². The quantitative estimate of drug-likeness (QED) is 0.774. The summed E-state index contributed by atoms with van der Waals surface area (Å²) in [5, 5.41) is 9.61. The average molecular weight is 285 g/mol. The van der Waals surface area contributed by atoms with Gasteiger partial charge in [-0.2, -0.15) is 0 Å². The summed E-state index contributed by atoms with van der Waals surface area (Å²) in [5.74, 6) is -0.461. The zero-order chi connectivity index (χ0) is 15.3. The second-order valence-corrected chi connectivity index (χ2v) is 6.98. The topological polar surface area (TPSA) is 76.1 Å². The van der Waals surface area contributed by atoms with Crippen LogP contribution in [-0.2, 0) is 14.3 Å². The summed E-state index contributed by atoms with van der Waals surface area (Å²) in [6.07, 6.45) is 0.582. The molecule has 1 saturated carbocycles. The van der Waals surface area contributed by atoms with Crippen LogP contribution in [0.5, 0.6) is 0 Å². The molecule has 0 bridgehead atoms. The first-order valence-electron chi connectivity index (χ1n) is 6.81. The van der Waals surface area contributed by atoms with E-state index in [4.69, 9.17) is 9.47 Å². The van der Waals surface area contributed by atoms with Gasteiger partial charge < -0.3 is 14.6 Å². The second-order valence-electron chi connectivity index (χ2n) is 6.98. The molecule has 0 aromatic carbocycles. The zero-order valence-corrected chi connectivity index (χ0v) is 12.7. The number of aliphatic hydroxyl groups excluding tert-OH is 1. The number of rotatable bonds is 2. The Morgan fingerprint density at radius 1 is 1.40 bits per heavy atom. The van der Waals surface area contributed by atoms with Crippen LogP contribution in [0.25, 0.3) is 0 Å². The molecule has 0 aromatic heterocycles. The van der Waals surface area contributed by atoms with Crippen LogP contribution in [0.3, 0.4) is 0 Å². The fourth-order valence-corrected chi connectivity index (χ4v) is 3.31. The molecule has 1 unspecified atom stereocenters. The Balaban J connectivity index is 2.27. The van der Waals surface area contributed by atoms with E-state index in [1.54, 1.807) is 20.8 Å². The van der Waals surface area contributed by atoms with Gasteiger partial charge in [-0.3, -0.25) is 4.90 Å². The molecule has 0 spiro atoms. The third kappa shape index (κ3) is 2.06. The average Bonchev–Trinajstić information content (AvgIpc) is 2.82. The van der Waals surface area contributed by atoms with E-state index in [1.807, 2.05) is 6.92 Å². The molecule has 3 atom stereocenters. The number of ether oxygens (including phenoxy) is 2. The highest BCUT2D eigenvalue weighted by Crippen LogP contribution is 2.68. The minimum Gasteiger partial charge on any atom is -0.467 e. The number of aliphatic hydroxyl groups is 1. The predicted octanol–water partition coefficient (Wildman–Crippen LogP) is 1.31. The van der Waals surface area contributed by atoms with Crippen molar-refractivity contribution in [1.29, 1.82) is 0 Å². The lowest BCUT2D eigenvalue weighted by Gasteiger charge is -2.32. The van der Waals surface area contributed by atoms with E-state index in [2.05, 4.69) is 0 Å². The van der Waals surface area contributed by atoms with Crippen molar-refractivity contribution in [3.8, 4) is 0 Å². The molecule has 1 aliphatic carbocycles. The van der Waals surface area contributed by atoms with Gasteiger partial charge in [0.1, 0.15) is 11.6 Å². The maximum Gasteiger partial charge on any atom is 0.411 e. The molecule has 1 amide bonds. The molecule has 1 heterocycles. The summed E-state index contributed by atoms with van der Waals surface area (Å²) in [5.41, 5.74) is -1.56. The van der Waals surface area contributed by atoms with Gasteiger partial charge in [-0.25, -0.2) is 9.59 Å². The number of hydrogen-bond acceptors (Lipinski definition) is 5. The van der Waals surface area contributed by atoms with E-state index >= 15 is 0 Å². The summed E-state index contributed by atoms with van der Waals surface area (Å²) in [6.45, 7) is 7.18. The second kappa shape index (κ2) is 4.35. The smallest absolute Gasteiger partial charge is 0.411 e. The van der Waals surface area contributed by atoms with Crippen LogP contribution >= 0.6 is 0 Å². The van der Waals surface area contributed by atoms with Crippen LogP contribution in [0.4, 0.5) is 4.79 Å². The van der Waals surface area contributed by atoms with Gasteiger partial charge in [-0.05, 0) is 40.5 Å². The molecule has 2 fully saturated rings. The maximum absolute atomic E-state index is 12.4. The molecule has 2 aliphatic rings. The highest BCUT2D eigenvalue weighted by Gasteiger charge is 2.76. The largest absolute Gasteiger partial charge is 0.467 e. The fourth-order valence-electron chi connectivity index (χ4n) is 3.31. The number of amides is 1. The number of esters is 1. The Morgan fingerprint density at radius 2 is 2.00 bits per heavy atom. The first-order chi connectivity index (χ1) is 9.10. The first-order valence-corrected chi connectivity index (χ1v) is 6.81. The molecule has 1 aliphatic heterocycles. The summed E-state index contributed by atoms with van der Waals surface area (Å²) < 4.78 is 10.2. The Bertz CT molecular complexity index is 443. The summed E-state index contributed by atoms with van der Waals surface area (Å²) >= 11 is 0. The molecular weight excluding hydrogens is 262 g/mol. The first kappa shape index (κ1) is 15.1. The number of carbonyl (C=O) groups excluding carboxylic acids is 2. The fraction of sp³-hybridized carbons (Fsp3) is 0.857. The van der Waals surface area contributed by atoms with Crippen LogP contribution in [0, 0.1) is 5.41 Å². The lowest BCUT2D eigenvalue weighted by atomic mass is 9.99. The monoisotopic (exact) mass is 285 g/mol. The molecule has 20 heavy (non-hydrogen) atoms. The van der Waals surface area contributed by atoms with Gasteiger partial charge in [-0.1, -0.05) is 0 Å². The molecule has 0 radical (unpaired) electrons. The lowest BCUT2D eigenvalue weighted by Crippen LogP contribution is -2.49. The number of methoxy groups -OCH3 is 1. The van der Waals surface area contributed by atoms with Crippen LogP contribution in [-0.4, -0.2) is 53.0 Å². The molecule has 6 heteroatoms. The summed E-state index contributed by atoms with van der Waals surface area (Å²) in [7, 11) is 1.30. The van der Waals surface area contributed by atoms with Crippen LogP contribution < -0.4 is 0 Å². The Kier molecular flexibility index (Phi) is 3.28. The van der Waals surface area contributed by atoms with Gasteiger partial charge in [0.25, 0.3) is 0 Å². The number of hydrogen-bond donors (Lipinski definition) is 1. The van der Waals surface area contributed by atoms with Crippen molar-refractivity contribution >= 4 is 12.1 Å². The molecule has 6 nitrogen and oxygen atoms in total. The lowest BCUT2D eigenvalue weighted by molar-refractivity contribution is -0.147. The Hall–Kier alpha value is -1.30. The molecular formula is C14H23NO5. The highest BCUT2D eigenvalue weighted by atomic mass is 16.6. The number of nitrogens with zero attached hydrogens (tertiary/aromatic N) is 1. The third-order valence-electron chi connectivity index (χ3n) is 4.49. The molecule has 1 N–H and O–H groups in total. The van der Waals surface area contributed by atoms with Crippen LogP contribution in [0.1, 0.15) is 40.5 Å². The minimum atomic E-state index is -0.680. The van der Waals surface area contributed by atoms with Crippen molar-refractivity contribution in [2.75, 3.05) is 13.7 Å². The molecule has 2 rings (SSSR count). The van der Waals surface area contributed by atoms with Gasteiger partial charge in [0, 0.05) is 5.41 Å². The standard InChI is InChI=1S/C14H23NO5/c1-12(2,3)20-11(18)15-9(10(17)19-5)6-14(8-16)7-13(14,15)4/h9,16H,6-8H2,1-5H3/t9-,13?,14+/m0/s1. The maximum atomic E-state index is 12.4. The summed E-state index contributed by atoms with van der Waals surface area (Å²) in [6, 6.07) is -0.680. The highest BCUT2D eigenvalue weighted by molar-refractivity contribution is 5.84. The SMILES string of the molecule is COC(=O)[C@@H]1C[C@]2(CO)CC2(C)N1C(=O)OC(C)(C)C. The third-order valence-corrected chi connectivity index (χ3v) is 4.49. The van der Waals surface area contributed by atoms with Crippen molar-refractivity contribution in [3.63, 3.8) is 0 Å². The molecule has 114 valence electrons.